The number of imidazole rings is 3. The van der Waals surface area contributed by atoms with Crippen molar-refractivity contribution in [2.45, 2.75) is 37.4 Å². The van der Waals surface area contributed by atoms with Crippen LogP contribution in [0.25, 0.3) is 0 Å². The van der Waals surface area contributed by atoms with Crippen molar-refractivity contribution in [3.05, 3.63) is 54.7 Å². The van der Waals surface area contributed by atoms with E-state index in [2.05, 4.69) is 29.9 Å². The first-order chi connectivity index (χ1) is 15.6. The highest BCUT2D eigenvalue weighted by Gasteiger charge is 2.13. The maximum absolute atomic E-state index is 10.3. The van der Waals surface area contributed by atoms with Crippen molar-refractivity contribution in [2.24, 2.45) is 17.2 Å². The quantitative estimate of drug-likeness (QED) is 0.167. The Morgan fingerprint density at radius 3 is 1.03 bits per heavy atom. The van der Waals surface area contributed by atoms with Crippen molar-refractivity contribution in [3.8, 4) is 0 Å². The fraction of sp³-hybridized carbons (Fsp3) is 0.333. The second kappa shape index (κ2) is 14.1. The van der Waals surface area contributed by atoms with Crippen LogP contribution < -0.4 is 17.2 Å². The topological polar surface area (TPSA) is 276 Å². The van der Waals surface area contributed by atoms with Crippen LogP contribution in [0, 0.1) is 0 Å². The van der Waals surface area contributed by atoms with Gasteiger partial charge in [-0.25, -0.2) is 15.0 Å². The predicted octanol–water partition coefficient (Wildman–Crippen LogP) is -1.91. The first-order valence-electron chi connectivity index (χ1n) is 9.47. The number of aromatic nitrogens is 6. The van der Waals surface area contributed by atoms with Crippen LogP contribution in [0.2, 0.25) is 0 Å². The molecule has 0 aliphatic rings. The van der Waals surface area contributed by atoms with Crippen LogP contribution in [0.1, 0.15) is 17.1 Å². The summed E-state index contributed by atoms with van der Waals surface area (Å²) in [6, 6.07) is -2.55. The first kappa shape index (κ1) is 27.0. The third kappa shape index (κ3) is 11.2. The van der Waals surface area contributed by atoms with Crippen LogP contribution in [0.5, 0.6) is 0 Å². The lowest BCUT2D eigenvalue weighted by Crippen LogP contribution is -2.32. The van der Waals surface area contributed by atoms with E-state index >= 15 is 0 Å². The molecule has 15 nitrogen and oxygen atoms in total. The van der Waals surface area contributed by atoms with Gasteiger partial charge in [0.05, 0.1) is 19.0 Å². The monoisotopic (exact) mass is 465 g/mol. The zero-order valence-corrected chi connectivity index (χ0v) is 17.5. The second-order valence-electron chi connectivity index (χ2n) is 6.68. The van der Waals surface area contributed by atoms with E-state index in [0.29, 0.717) is 0 Å². The standard InChI is InChI=1S/3C6H9N3O2/c3*7-5(6(10)11)1-4-2-8-3-9-4/h3*2-3,5H,1,7H2,(H,8,9)(H,10,11). The number of carboxylic acids is 3. The SMILES string of the molecule is NC(Cc1cnc[nH]1)C(=O)O.NC(Cc1cnc[nH]1)C(=O)O.NC(Cc1cnc[nH]1)C(=O)O. The maximum Gasteiger partial charge on any atom is 0.320 e. The highest BCUT2D eigenvalue weighted by atomic mass is 16.4. The Bertz CT molecular complexity index is 820. The summed E-state index contributed by atoms with van der Waals surface area (Å²) in [5.74, 6) is -3.00. The second-order valence-corrected chi connectivity index (χ2v) is 6.68. The number of H-pyrrole nitrogens is 3. The average molecular weight is 465 g/mol. The number of rotatable bonds is 9. The minimum absolute atomic E-state index is 0.287. The molecule has 0 spiro atoms. The molecule has 3 heterocycles. The lowest BCUT2D eigenvalue weighted by Gasteiger charge is -2.02. The van der Waals surface area contributed by atoms with Gasteiger partial charge >= 0.3 is 17.9 Å². The van der Waals surface area contributed by atoms with E-state index in [4.69, 9.17) is 32.5 Å². The van der Waals surface area contributed by atoms with E-state index < -0.39 is 36.0 Å². The van der Waals surface area contributed by atoms with E-state index in [9.17, 15) is 14.4 Å². The van der Waals surface area contributed by atoms with E-state index in [1.165, 1.54) is 19.0 Å². The number of nitrogens with two attached hydrogens (primary N) is 3. The first-order valence-corrected chi connectivity index (χ1v) is 9.47. The van der Waals surface area contributed by atoms with Gasteiger partial charge in [-0.1, -0.05) is 0 Å². The summed E-state index contributed by atoms with van der Waals surface area (Å²) < 4.78 is 0. The number of carboxylic acid groups (broad SMARTS) is 3. The van der Waals surface area contributed by atoms with Crippen LogP contribution in [0.15, 0.2) is 37.6 Å². The number of hydrogen-bond acceptors (Lipinski definition) is 9. The Kier molecular flexibility index (Phi) is 11.5. The van der Waals surface area contributed by atoms with Crippen LogP contribution in [0.4, 0.5) is 0 Å². The maximum atomic E-state index is 10.3. The summed E-state index contributed by atoms with van der Waals surface area (Å²) in [6.07, 6.45) is 10.0. The molecule has 0 aromatic carbocycles. The molecule has 3 unspecified atom stereocenters. The Balaban J connectivity index is 0.000000247. The molecule has 3 atom stereocenters. The van der Waals surface area contributed by atoms with Gasteiger partial charge in [0.2, 0.25) is 0 Å². The van der Waals surface area contributed by atoms with Crippen LogP contribution >= 0.6 is 0 Å². The Morgan fingerprint density at radius 1 is 0.636 bits per heavy atom. The molecule has 3 aromatic heterocycles. The Hall–Kier alpha value is -4.08. The molecule has 0 aliphatic carbocycles. The third-order valence-corrected chi connectivity index (χ3v) is 3.94. The molecule has 0 bridgehead atoms. The Labute approximate surface area is 187 Å². The van der Waals surface area contributed by atoms with Crippen LogP contribution in [-0.4, -0.2) is 81.3 Å². The van der Waals surface area contributed by atoms with Gasteiger partial charge in [-0.15, -0.1) is 0 Å². The van der Waals surface area contributed by atoms with Crippen molar-refractivity contribution < 1.29 is 29.7 Å². The van der Waals surface area contributed by atoms with Gasteiger partial charge in [-0.2, -0.15) is 0 Å². The lowest BCUT2D eigenvalue weighted by molar-refractivity contribution is -0.139. The summed E-state index contributed by atoms with van der Waals surface area (Å²) in [5, 5.41) is 25.3. The molecule has 0 aliphatic heterocycles. The molecule has 0 amide bonds. The summed E-state index contributed by atoms with van der Waals surface area (Å²) in [6.45, 7) is 0. The van der Waals surface area contributed by atoms with E-state index in [-0.39, 0.29) is 19.3 Å². The van der Waals surface area contributed by atoms with E-state index in [1.54, 1.807) is 18.6 Å². The van der Waals surface area contributed by atoms with Crippen molar-refractivity contribution in [1.29, 1.82) is 0 Å². The molecule has 0 saturated carbocycles. The molecule has 0 radical (unpaired) electrons. The van der Waals surface area contributed by atoms with E-state index in [0.717, 1.165) is 17.1 Å². The summed E-state index contributed by atoms with van der Waals surface area (Å²) in [5.41, 5.74) is 18.0. The zero-order valence-electron chi connectivity index (χ0n) is 17.5. The number of aromatic amines is 3. The molecule has 3 rings (SSSR count). The number of carbonyl (C=O) groups is 3. The molecule has 180 valence electrons. The molecule has 15 heteroatoms. The van der Waals surface area contributed by atoms with Crippen molar-refractivity contribution in [1.82, 2.24) is 29.9 Å². The van der Waals surface area contributed by atoms with E-state index in [1.807, 2.05) is 0 Å². The molecule has 33 heavy (non-hydrogen) atoms. The highest BCUT2D eigenvalue weighted by molar-refractivity contribution is 5.74. The largest absolute Gasteiger partial charge is 0.480 e. The number of nitrogens with zero attached hydrogens (tertiary/aromatic N) is 3. The normalized spacial score (nSPS) is 12.8. The summed E-state index contributed by atoms with van der Waals surface area (Å²) in [4.78, 5) is 50.3. The molecule has 12 N–H and O–H groups in total. The highest BCUT2D eigenvalue weighted by Crippen LogP contribution is 1.97. The molecular formula is C18H27N9O6. The number of aliphatic carboxylic acids is 3. The fourth-order valence-corrected chi connectivity index (χ4v) is 2.16. The molecule has 3 aromatic rings. The zero-order chi connectivity index (χ0) is 24.8. The third-order valence-electron chi connectivity index (χ3n) is 3.94. The summed E-state index contributed by atoms with van der Waals surface area (Å²) in [7, 11) is 0. The van der Waals surface area contributed by atoms with Gasteiger partial charge in [-0.3, -0.25) is 14.4 Å². The van der Waals surface area contributed by atoms with Crippen LogP contribution in [0.3, 0.4) is 0 Å². The van der Waals surface area contributed by atoms with Gasteiger partial charge in [0.15, 0.2) is 0 Å². The van der Waals surface area contributed by atoms with Crippen molar-refractivity contribution in [3.63, 3.8) is 0 Å². The van der Waals surface area contributed by atoms with Crippen LogP contribution in [-0.2, 0) is 33.6 Å². The smallest absolute Gasteiger partial charge is 0.320 e. The Morgan fingerprint density at radius 2 is 0.879 bits per heavy atom. The fourth-order valence-electron chi connectivity index (χ4n) is 2.16. The lowest BCUT2D eigenvalue weighted by atomic mass is 10.2. The predicted molar refractivity (Wildman–Crippen MR) is 114 cm³/mol. The van der Waals surface area contributed by atoms with Gasteiger partial charge in [0.1, 0.15) is 18.1 Å². The number of hydrogen-bond donors (Lipinski definition) is 9. The number of nitrogens with one attached hydrogen (secondary N) is 3. The average Bonchev–Trinajstić information content (AvgIpc) is 3.53. The molecule has 0 fully saturated rings. The van der Waals surface area contributed by atoms with Gasteiger partial charge in [-0.05, 0) is 0 Å². The minimum Gasteiger partial charge on any atom is -0.480 e. The van der Waals surface area contributed by atoms with Crippen molar-refractivity contribution >= 4 is 17.9 Å². The summed E-state index contributed by atoms with van der Waals surface area (Å²) >= 11 is 0. The minimum atomic E-state index is -1.00. The molecular weight excluding hydrogens is 438 g/mol. The molecule has 0 saturated heterocycles. The van der Waals surface area contributed by atoms with Crippen molar-refractivity contribution in [2.75, 3.05) is 0 Å². The van der Waals surface area contributed by atoms with Gasteiger partial charge in [0.25, 0.3) is 0 Å². The van der Waals surface area contributed by atoms with Gasteiger partial charge in [0, 0.05) is 54.9 Å². The van der Waals surface area contributed by atoms with Gasteiger partial charge < -0.3 is 47.5 Å².